The molecule has 27 heavy (non-hydrogen) atoms. The van der Waals surface area contributed by atoms with E-state index in [1.165, 1.54) is 16.4 Å². The molecule has 0 saturated carbocycles. The molecule has 0 bridgehead atoms. The van der Waals surface area contributed by atoms with Gasteiger partial charge in [-0.3, -0.25) is 9.78 Å². The smallest absolute Gasteiger partial charge is 0.243 e. The molecule has 1 fully saturated rings. The molecule has 0 amide bonds. The molecule has 1 aliphatic heterocycles. The van der Waals surface area contributed by atoms with Crippen molar-refractivity contribution in [2.24, 2.45) is 0 Å². The van der Waals surface area contributed by atoms with Crippen LogP contribution < -0.4 is 0 Å². The van der Waals surface area contributed by atoms with Crippen molar-refractivity contribution >= 4 is 27.4 Å². The number of carbonyl (C=O) groups excluding carboxylic acids is 1. The highest BCUT2D eigenvalue weighted by atomic mass is 35.5. The molecule has 3 rings (SSSR count). The lowest BCUT2D eigenvalue weighted by Crippen LogP contribution is -2.35. The van der Waals surface area contributed by atoms with Crippen molar-refractivity contribution in [1.82, 2.24) is 9.29 Å². The maximum atomic E-state index is 12.8. The fourth-order valence-electron chi connectivity index (χ4n) is 2.95. The molecule has 2 aromatic rings. The number of piperidine rings is 1. The van der Waals surface area contributed by atoms with E-state index in [1.54, 1.807) is 30.6 Å². The van der Waals surface area contributed by atoms with Crippen LogP contribution in [-0.4, -0.2) is 43.2 Å². The monoisotopic (exact) mass is 408 g/mol. The summed E-state index contributed by atoms with van der Waals surface area (Å²) in [5.74, 6) is -0.175. The summed E-state index contributed by atoms with van der Waals surface area (Å²) in [6, 6.07) is 7.83. The summed E-state index contributed by atoms with van der Waals surface area (Å²) in [5, 5.41) is 0.406. The van der Waals surface area contributed by atoms with Crippen molar-refractivity contribution in [3.05, 3.63) is 58.9 Å². The second-order valence-electron chi connectivity index (χ2n) is 6.37. The number of carbonyl (C=O) groups is 1. The Morgan fingerprint density at radius 1 is 1.11 bits per heavy atom. The zero-order valence-corrected chi connectivity index (χ0v) is 16.4. The van der Waals surface area contributed by atoms with Crippen molar-refractivity contribution in [1.29, 1.82) is 0 Å². The normalized spacial score (nSPS) is 15.6. The molecule has 1 aliphatic rings. The molecule has 0 spiro atoms. The first-order valence-electron chi connectivity index (χ1n) is 8.78. The third-order valence-corrected chi connectivity index (χ3v) is 6.73. The standard InChI is InChI=1S/C19H21ClN2O4S/c20-18-5-4-17(27(24,25)22-10-2-1-3-11-22)12-16(18)13-26-14-19(23)15-6-8-21-9-7-15/h4-9,12H,1-3,10-11,13-14H2. The van der Waals surface area contributed by atoms with Crippen LogP contribution in [0.15, 0.2) is 47.6 Å². The van der Waals surface area contributed by atoms with Crippen molar-refractivity contribution < 1.29 is 17.9 Å². The Kier molecular flexibility index (Phi) is 6.59. The lowest BCUT2D eigenvalue weighted by atomic mass is 10.2. The minimum atomic E-state index is -3.54. The Hall–Kier alpha value is -1.80. The molecule has 144 valence electrons. The third-order valence-electron chi connectivity index (χ3n) is 4.46. The van der Waals surface area contributed by atoms with E-state index >= 15 is 0 Å². The zero-order chi connectivity index (χ0) is 19.3. The van der Waals surface area contributed by atoms with Gasteiger partial charge in [-0.15, -0.1) is 0 Å². The van der Waals surface area contributed by atoms with Gasteiger partial charge in [0.25, 0.3) is 0 Å². The number of hydrogen-bond acceptors (Lipinski definition) is 5. The summed E-state index contributed by atoms with van der Waals surface area (Å²) in [4.78, 5) is 16.1. The molecule has 0 aliphatic carbocycles. The minimum Gasteiger partial charge on any atom is -0.369 e. The van der Waals surface area contributed by atoms with E-state index in [0.29, 0.717) is 29.2 Å². The largest absolute Gasteiger partial charge is 0.369 e. The maximum absolute atomic E-state index is 12.8. The van der Waals surface area contributed by atoms with Gasteiger partial charge in [-0.25, -0.2) is 8.42 Å². The maximum Gasteiger partial charge on any atom is 0.243 e. The van der Waals surface area contributed by atoms with Gasteiger partial charge in [-0.05, 0) is 48.7 Å². The number of sulfonamides is 1. The number of Topliss-reactive ketones (excluding diaryl/α,β-unsaturated/α-hetero) is 1. The summed E-state index contributed by atoms with van der Waals surface area (Å²) < 4.78 is 32.6. The SMILES string of the molecule is O=C(COCc1cc(S(=O)(=O)N2CCCCC2)ccc1Cl)c1ccncc1. The van der Waals surface area contributed by atoms with E-state index in [9.17, 15) is 13.2 Å². The van der Waals surface area contributed by atoms with Crippen molar-refractivity contribution in [2.75, 3.05) is 19.7 Å². The number of aromatic nitrogens is 1. The number of pyridine rings is 1. The average Bonchev–Trinajstić information content (AvgIpc) is 2.70. The minimum absolute atomic E-state index is 0.0546. The van der Waals surface area contributed by atoms with Gasteiger partial charge in [0.15, 0.2) is 5.78 Å². The average molecular weight is 409 g/mol. The van der Waals surface area contributed by atoms with Gasteiger partial charge >= 0.3 is 0 Å². The molecule has 0 N–H and O–H groups in total. The van der Waals surface area contributed by atoms with Gasteiger partial charge in [-0.1, -0.05) is 18.0 Å². The van der Waals surface area contributed by atoms with E-state index < -0.39 is 10.0 Å². The number of nitrogens with zero attached hydrogens (tertiary/aromatic N) is 2. The van der Waals surface area contributed by atoms with Crippen LogP contribution in [0.1, 0.15) is 35.2 Å². The summed E-state index contributed by atoms with van der Waals surface area (Å²) in [7, 11) is -3.54. The first-order chi connectivity index (χ1) is 13.0. The van der Waals surface area contributed by atoms with Crippen LogP contribution in [-0.2, 0) is 21.4 Å². The second-order valence-corrected chi connectivity index (χ2v) is 8.71. The predicted octanol–water partition coefficient (Wildman–Crippen LogP) is 3.31. The molecule has 0 atom stereocenters. The number of hydrogen-bond donors (Lipinski definition) is 0. The molecule has 1 aromatic heterocycles. The molecule has 2 heterocycles. The van der Waals surface area contributed by atoms with Crippen molar-refractivity contribution in [2.45, 2.75) is 30.8 Å². The number of rotatable bonds is 7. The zero-order valence-electron chi connectivity index (χ0n) is 14.8. The molecule has 0 radical (unpaired) electrons. The first kappa shape index (κ1) is 19.9. The predicted molar refractivity (Wildman–Crippen MR) is 102 cm³/mol. The molecule has 6 nitrogen and oxygen atoms in total. The van der Waals surface area contributed by atoms with Crippen LogP contribution in [0, 0.1) is 0 Å². The van der Waals surface area contributed by atoms with Crippen molar-refractivity contribution in [3.8, 4) is 0 Å². The Balaban J connectivity index is 1.67. The Bertz CT molecular complexity index is 897. The van der Waals surface area contributed by atoms with E-state index in [0.717, 1.165) is 19.3 Å². The van der Waals surface area contributed by atoms with Crippen LogP contribution in [0.2, 0.25) is 5.02 Å². The Morgan fingerprint density at radius 3 is 2.52 bits per heavy atom. The van der Waals surface area contributed by atoms with Gasteiger partial charge in [0.2, 0.25) is 10.0 Å². The van der Waals surface area contributed by atoms with E-state index in [1.807, 2.05) is 0 Å². The molecule has 1 aromatic carbocycles. The van der Waals surface area contributed by atoms with Gasteiger partial charge in [-0.2, -0.15) is 4.31 Å². The Morgan fingerprint density at radius 2 is 1.81 bits per heavy atom. The summed E-state index contributed by atoms with van der Waals surface area (Å²) in [5.41, 5.74) is 1.05. The lowest BCUT2D eigenvalue weighted by Gasteiger charge is -2.26. The number of halogens is 1. The van der Waals surface area contributed by atoms with Gasteiger partial charge in [0.1, 0.15) is 6.61 Å². The summed E-state index contributed by atoms with van der Waals surface area (Å²) >= 11 is 6.18. The quantitative estimate of drug-likeness (QED) is 0.657. The van der Waals surface area contributed by atoms with Crippen LogP contribution in [0.4, 0.5) is 0 Å². The molecular weight excluding hydrogens is 388 g/mol. The molecule has 1 saturated heterocycles. The highest BCUT2D eigenvalue weighted by molar-refractivity contribution is 7.89. The highest BCUT2D eigenvalue weighted by Crippen LogP contribution is 2.25. The number of ether oxygens (including phenoxy) is 1. The van der Waals surface area contributed by atoms with Gasteiger partial charge in [0, 0.05) is 36.1 Å². The summed E-state index contributed by atoms with van der Waals surface area (Å²) in [6.07, 6.45) is 5.88. The molecular formula is C19H21ClN2O4S. The fraction of sp³-hybridized carbons (Fsp3) is 0.368. The topological polar surface area (TPSA) is 76.6 Å². The number of benzene rings is 1. The van der Waals surface area contributed by atoms with Crippen LogP contribution in [0.5, 0.6) is 0 Å². The Labute approximate surface area is 164 Å². The molecule has 0 unspecified atom stereocenters. The first-order valence-corrected chi connectivity index (χ1v) is 10.6. The second kappa shape index (κ2) is 8.93. The highest BCUT2D eigenvalue weighted by Gasteiger charge is 2.26. The molecule has 8 heteroatoms. The van der Waals surface area contributed by atoms with E-state index in [-0.39, 0.29) is 23.9 Å². The van der Waals surface area contributed by atoms with Crippen LogP contribution in [0.25, 0.3) is 0 Å². The van der Waals surface area contributed by atoms with E-state index in [4.69, 9.17) is 16.3 Å². The van der Waals surface area contributed by atoms with E-state index in [2.05, 4.69) is 4.98 Å². The number of ketones is 1. The lowest BCUT2D eigenvalue weighted by molar-refractivity contribution is 0.0726. The fourth-order valence-corrected chi connectivity index (χ4v) is 4.69. The van der Waals surface area contributed by atoms with Crippen LogP contribution in [0.3, 0.4) is 0 Å². The van der Waals surface area contributed by atoms with Crippen molar-refractivity contribution in [3.63, 3.8) is 0 Å². The van der Waals surface area contributed by atoms with Gasteiger partial charge < -0.3 is 4.74 Å². The summed E-state index contributed by atoms with van der Waals surface area (Å²) in [6.45, 7) is 1.01. The van der Waals surface area contributed by atoms with Crippen LogP contribution >= 0.6 is 11.6 Å². The van der Waals surface area contributed by atoms with Gasteiger partial charge in [0.05, 0.1) is 11.5 Å². The third kappa shape index (κ3) is 4.93.